The fourth-order valence-electron chi connectivity index (χ4n) is 3.36. The van der Waals surface area contributed by atoms with Crippen LogP contribution in [0.25, 0.3) is 0 Å². The number of carbonyl (C=O) groups is 3. The number of nitrogens with one attached hydrogen (secondary N) is 1. The minimum Gasteiger partial charge on any atom is -0.493 e. The van der Waals surface area contributed by atoms with Crippen molar-refractivity contribution in [3.8, 4) is 5.75 Å². The molecule has 3 aromatic carbocycles. The molecule has 1 N–H and O–H groups in total. The molecule has 0 heterocycles. The van der Waals surface area contributed by atoms with Crippen molar-refractivity contribution in [2.75, 3.05) is 6.61 Å². The molecule has 1 amide bonds. The number of rotatable bonds is 10. The van der Waals surface area contributed by atoms with Gasteiger partial charge in [0.15, 0.2) is 5.78 Å². The molecule has 0 spiro atoms. The topological polar surface area (TPSA) is 81.7 Å². The van der Waals surface area contributed by atoms with E-state index < -0.39 is 12.0 Å². The minimum absolute atomic E-state index is 0.0383. The van der Waals surface area contributed by atoms with Crippen LogP contribution in [0.15, 0.2) is 78.9 Å². The van der Waals surface area contributed by atoms with E-state index in [1.807, 2.05) is 43.3 Å². The van der Waals surface area contributed by atoms with Crippen molar-refractivity contribution in [1.29, 1.82) is 0 Å². The summed E-state index contributed by atoms with van der Waals surface area (Å²) in [5.41, 5.74) is 2.44. The largest absolute Gasteiger partial charge is 0.493 e. The van der Waals surface area contributed by atoms with E-state index in [4.69, 9.17) is 9.47 Å². The van der Waals surface area contributed by atoms with E-state index in [2.05, 4.69) is 5.32 Å². The van der Waals surface area contributed by atoms with Crippen molar-refractivity contribution < 1.29 is 23.9 Å². The van der Waals surface area contributed by atoms with Crippen LogP contribution < -0.4 is 10.1 Å². The zero-order valence-corrected chi connectivity index (χ0v) is 18.7. The van der Waals surface area contributed by atoms with Gasteiger partial charge in [0.1, 0.15) is 12.4 Å². The van der Waals surface area contributed by atoms with E-state index in [1.165, 1.54) is 6.92 Å². The Bertz CT molecular complexity index is 1100. The van der Waals surface area contributed by atoms with Crippen molar-refractivity contribution in [2.24, 2.45) is 0 Å². The molecular formula is C27H27NO5. The summed E-state index contributed by atoms with van der Waals surface area (Å²) < 4.78 is 11.1. The fourth-order valence-corrected chi connectivity index (χ4v) is 3.36. The molecular weight excluding hydrogens is 418 g/mol. The van der Waals surface area contributed by atoms with Gasteiger partial charge in [-0.25, -0.2) is 0 Å². The van der Waals surface area contributed by atoms with Crippen LogP contribution in [0.4, 0.5) is 0 Å². The number of ketones is 1. The number of ether oxygens (including phenoxy) is 2. The van der Waals surface area contributed by atoms with Gasteiger partial charge in [0, 0.05) is 16.7 Å². The predicted octanol–water partition coefficient (Wildman–Crippen LogP) is 4.89. The second-order valence-electron chi connectivity index (χ2n) is 7.48. The van der Waals surface area contributed by atoms with Crippen LogP contribution in [0, 0.1) is 0 Å². The van der Waals surface area contributed by atoms with Gasteiger partial charge in [-0.3, -0.25) is 14.4 Å². The molecule has 3 aromatic rings. The first kappa shape index (κ1) is 23.7. The van der Waals surface area contributed by atoms with Crippen LogP contribution in [0.3, 0.4) is 0 Å². The van der Waals surface area contributed by atoms with Gasteiger partial charge in [-0.1, -0.05) is 48.5 Å². The second kappa shape index (κ2) is 11.6. The summed E-state index contributed by atoms with van der Waals surface area (Å²) in [6.45, 7) is 3.74. The third-order valence-electron chi connectivity index (χ3n) is 5.07. The Kier molecular flexibility index (Phi) is 8.36. The molecule has 0 radical (unpaired) electrons. The van der Waals surface area contributed by atoms with Gasteiger partial charge in [-0.05, 0) is 49.7 Å². The van der Waals surface area contributed by atoms with Crippen molar-refractivity contribution in [3.05, 3.63) is 101 Å². The Labute approximate surface area is 193 Å². The van der Waals surface area contributed by atoms with Crippen LogP contribution in [-0.2, 0) is 16.1 Å². The molecule has 0 aliphatic carbocycles. The predicted molar refractivity (Wildman–Crippen MR) is 125 cm³/mol. The van der Waals surface area contributed by atoms with Crippen LogP contribution >= 0.6 is 0 Å². The van der Waals surface area contributed by atoms with E-state index in [-0.39, 0.29) is 24.7 Å². The molecule has 1 atom stereocenters. The van der Waals surface area contributed by atoms with E-state index in [0.29, 0.717) is 29.0 Å². The number of carbonyl (C=O) groups excluding carboxylic acids is 3. The van der Waals surface area contributed by atoms with Gasteiger partial charge < -0.3 is 14.8 Å². The Morgan fingerprint density at radius 1 is 0.879 bits per heavy atom. The summed E-state index contributed by atoms with van der Waals surface area (Å²) in [4.78, 5) is 37.2. The Morgan fingerprint density at radius 3 is 2.18 bits per heavy atom. The third kappa shape index (κ3) is 6.77. The number of hydrogen-bond donors (Lipinski definition) is 1. The lowest BCUT2D eigenvalue weighted by molar-refractivity contribution is -0.145. The van der Waals surface area contributed by atoms with E-state index in [9.17, 15) is 14.4 Å². The fraction of sp³-hybridized carbons (Fsp3) is 0.222. The molecule has 0 saturated carbocycles. The average Bonchev–Trinajstić information content (AvgIpc) is 2.84. The van der Waals surface area contributed by atoms with Crippen molar-refractivity contribution in [2.45, 2.75) is 32.9 Å². The van der Waals surface area contributed by atoms with E-state index in [1.54, 1.807) is 42.5 Å². The van der Waals surface area contributed by atoms with Gasteiger partial charge in [-0.15, -0.1) is 0 Å². The number of amides is 1. The number of benzene rings is 3. The SMILES string of the molecule is CCOc1ccc(C(C)=O)cc1COC(=O)CC(NC(=O)c1ccccc1)c1ccccc1. The molecule has 0 fully saturated rings. The summed E-state index contributed by atoms with van der Waals surface area (Å²) in [6, 6.07) is 22.6. The molecule has 6 heteroatoms. The standard InChI is InChI=1S/C27H27NO5/c1-3-32-25-15-14-22(19(2)29)16-23(25)18-33-26(30)17-24(20-10-6-4-7-11-20)28-27(31)21-12-8-5-9-13-21/h4-16,24H,3,17-18H2,1-2H3,(H,28,31). The molecule has 0 aliphatic heterocycles. The Morgan fingerprint density at radius 2 is 1.55 bits per heavy atom. The zero-order valence-electron chi connectivity index (χ0n) is 18.7. The lowest BCUT2D eigenvalue weighted by Crippen LogP contribution is -2.30. The van der Waals surface area contributed by atoms with Crippen LogP contribution in [0.5, 0.6) is 5.75 Å². The second-order valence-corrected chi connectivity index (χ2v) is 7.48. The van der Waals surface area contributed by atoms with Crippen molar-refractivity contribution in [1.82, 2.24) is 5.32 Å². The highest BCUT2D eigenvalue weighted by atomic mass is 16.5. The smallest absolute Gasteiger partial charge is 0.308 e. The molecule has 0 aliphatic rings. The van der Waals surface area contributed by atoms with E-state index in [0.717, 1.165) is 5.56 Å². The number of Topliss-reactive ketones (excluding diaryl/α,β-unsaturated/α-hetero) is 1. The summed E-state index contributed by atoms with van der Waals surface area (Å²) in [6.07, 6.45) is -0.0427. The van der Waals surface area contributed by atoms with Gasteiger partial charge in [0.2, 0.25) is 0 Å². The number of esters is 1. The minimum atomic E-state index is -0.554. The Hall–Kier alpha value is -3.93. The summed E-state index contributed by atoms with van der Waals surface area (Å²) in [5, 5.41) is 2.93. The first-order valence-electron chi connectivity index (χ1n) is 10.8. The summed E-state index contributed by atoms with van der Waals surface area (Å²) in [7, 11) is 0. The van der Waals surface area contributed by atoms with Gasteiger partial charge in [-0.2, -0.15) is 0 Å². The third-order valence-corrected chi connectivity index (χ3v) is 5.07. The monoisotopic (exact) mass is 445 g/mol. The summed E-state index contributed by atoms with van der Waals surface area (Å²) >= 11 is 0. The molecule has 1 unspecified atom stereocenters. The maximum atomic E-state index is 12.7. The average molecular weight is 446 g/mol. The van der Waals surface area contributed by atoms with Gasteiger partial charge in [0.25, 0.3) is 5.91 Å². The molecule has 0 aromatic heterocycles. The quantitative estimate of drug-likeness (QED) is 0.355. The molecule has 6 nitrogen and oxygen atoms in total. The molecule has 170 valence electrons. The van der Waals surface area contributed by atoms with Gasteiger partial charge >= 0.3 is 5.97 Å². The normalized spacial score (nSPS) is 11.3. The lowest BCUT2D eigenvalue weighted by atomic mass is 10.0. The maximum absolute atomic E-state index is 12.7. The highest BCUT2D eigenvalue weighted by molar-refractivity contribution is 5.95. The lowest BCUT2D eigenvalue weighted by Gasteiger charge is -2.19. The molecule has 0 bridgehead atoms. The highest BCUT2D eigenvalue weighted by Gasteiger charge is 2.20. The van der Waals surface area contributed by atoms with Crippen molar-refractivity contribution in [3.63, 3.8) is 0 Å². The maximum Gasteiger partial charge on any atom is 0.308 e. The molecule has 33 heavy (non-hydrogen) atoms. The van der Waals surface area contributed by atoms with Crippen molar-refractivity contribution >= 4 is 17.7 Å². The van der Waals surface area contributed by atoms with Crippen LogP contribution in [-0.4, -0.2) is 24.3 Å². The Balaban J connectivity index is 1.72. The van der Waals surface area contributed by atoms with E-state index >= 15 is 0 Å². The highest BCUT2D eigenvalue weighted by Crippen LogP contribution is 2.23. The zero-order chi connectivity index (χ0) is 23.6. The first-order chi connectivity index (χ1) is 16.0. The van der Waals surface area contributed by atoms with Crippen LogP contribution in [0.1, 0.15) is 58.2 Å². The van der Waals surface area contributed by atoms with Gasteiger partial charge in [0.05, 0.1) is 19.1 Å². The summed E-state index contributed by atoms with van der Waals surface area (Å²) in [5.74, 6) is -0.274. The number of hydrogen-bond acceptors (Lipinski definition) is 5. The molecule has 0 saturated heterocycles. The molecule has 3 rings (SSSR count). The first-order valence-corrected chi connectivity index (χ1v) is 10.8. The van der Waals surface area contributed by atoms with Crippen LogP contribution in [0.2, 0.25) is 0 Å².